The second-order valence-electron chi connectivity index (χ2n) is 13.2. The number of phenolic OH excluding ortho intramolecular Hbond substituents is 1. The zero-order valence-corrected chi connectivity index (χ0v) is 29.8. The molecule has 0 fully saturated rings. The van der Waals surface area contributed by atoms with Gasteiger partial charge in [0.2, 0.25) is 0 Å². The van der Waals surface area contributed by atoms with Gasteiger partial charge in [0.25, 0.3) is 0 Å². The van der Waals surface area contributed by atoms with Gasteiger partial charge in [-0.3, -0.25) is 0 Å². The van der Waals surface area contributed by atoms with E-state index >= 15 is 0 Å². The van der Waals surface area contributed by atoms with Crippen molar-refractivity contribution in [2.45, 2.75) is 20.3 Å². The fourth-order valence-corrected chi connectivity index (χ4v) is 7.37. The van der Waals surface area contributed by atoms with E-state index in [1.807, 2.05) is 60.7 Å². The molecule has 1 heterocycles. The molecule has 0 bridgehead atoms. The number of allylic oxidation sites excluding steroid dienone is 2. The van der Waals surface area contributed by atoms with Crippen LogP contribution < -0.4 is 48.9 Å². The zero-order valence-electron chi connectivity index (χ0n) is 29.8. The van der Waals surface area contributed by atoms with Crippen molar-refractivity contribution in [3.8, 4) is 33.7 Å². The molecular formula is C39H19B12N2O. The molecule has 54 heavy (non-hydrogen) atoms. The number of aromatic nitrogens is 2. The summed E-state index contributed by atoms with van der Waals surface area (Å²) in [6, 6.07) is 19.6. The molecule has 0 unspecified atom stereocenters. The Kier molecular flexibility index (Phi) is 9.78. The number of rotatable bonds is 5. The third-order valence-corrected chi connectivity index (χ3v) is 10.2. The predicted octanol–water partition coefficient (Wildman–Crippen LogP) is -2.45. The minimum atomic E-state index is -0.450. The molecule has 15 heteroatoms. The molecule has 0 atom stereocenters. The third-order valence-electron chi connectivity index (χ3n) is 10.2. The van der Waals surface area contributed by atoms with Crippen LogP contribution in [0.25, 0.3) is 66.0 Å². The van der Waals surface area contributed by atoms with E-state index < -0.39 is 5.75 Å². The molecule has 0 aliphatic carbocycles. The van der Waals surface area contributed by atoms with E-state index in [4.69, 9.17) is 98.8 Å². The summed E-state index contributed by atoms with van der Waals surface area (Å²) in [7, 11) is 78.9. The number of para-hydroxylation sites is 2. The predicted molar refractivity (Wildman–Crippen MR) is 239 cm³/mol. The second-order valence-corrected chi connectivity index (χ2v) is 13.2. The van der Waals surface area contributed by atoms with Crippen molar-refractivity contribution >= 4 is 176 Å². The first kappa shape index (κ1) is 37.8. The van der Waals surface area contributed by atoms with Gasteiger partial charge in [0.1, 0.15) is 0 Å². The summed E-state index contributed by atoms with van der Waals surface area (Å²) in [4.78, 5) is 4.91. The number of aryl methyl sites for hydroxylation is 1. The number of aromatic hydroxyl groups is 1. The normalized spacial score (nSPS) is 12.8. The summed E-state index contributed by atoms with van der Waals surface area (Å²) in [5.41, 5.74) is 3.47. The van der Waals surface area contributed by atoms with E-state index in [1.54, 1.807) is 6.92 Å². The van der Waals surface area contributed by atoms with E-state index in [-0.39, 0.29) is 92.3 Å². The van der Waals surface area contributed by atoms with E-state index in [9.17, 15) is 5.11 Å². The number of hydrogen-bond acceptors (Lipinski definition) is 2. The van der Waals surface area contributed by atoms with Crippen LogP contribution in [0.5, 0.6) is 5.75 Å². The molecule has 23 radical (unpaired) electrons. The molecule has 227 valence electrons. The topological polar surface area (TPSA) is 38.0 Å². The summed E-state index contributed by atoms with van der Waals surface area (Å²) in [6.45, 7) is 3.65. The Hall–Kier alpha value is -4.50. The quantitative estimate of drug-likeness (QED) is 0.209. The van der Waals surface area contributed by atoms with E-state index in [2.05, 4.69) is 11.5 Å². The van der Waals surface area contributed by atoms with Gasteiger partial charge >= 0.3 is 332 Å². The van der Waals surface area contributed by atoms with Gasteiger partial charge in [-0.25, -0.2) is 0 Å². The van der Waals surface area contributed by atoms with Crippen molar-refractivity contribution in [2.24, 2.45) is 0 Å². The molecule has 7 rings (SSSR count). The van der Waals surface area contributed by atoms with Gasteiger partial charge in [0.15, 0.2) is 0 Å². The zero-order chi connectivity index (χ0) is 39.1. The van der Waals surface area contributed by atoms with Gasteiger partial charge in [-0.15, -0.1) is 0 Å². The van der Waals surface area contributed by atoms with Gasteiger partial charge in [0, 0.05) is 0 Å². The van der Waals surface area contributed by atoms with Crippen LogP contribution >= 0.6 is 0 Å². The Morgan fingerprint density at radius 2 is 1.22 bits per heavy atom. The van der Waals surface area contributed by atoms with Crippen molar-refractivity contribution in [2.75, 3.05) is 0 Å². The number of imidazole rings is 1. The number of phenols is 1. The van der Waals surface area contributed by atoms with Crippen LogP contribution in [-0.2, 0) is 6.42 Å². The van der Waals surface area contributed by atoms with E-state index in [0.29, 0.717) is 17.5 Å². The van der Waals surface area contributed by atoms with Crippen molar-refractivity contribution in [3.05, 3.63) is 87.8 Å². The Morgan fingerprint density at radius 3 is 1.85 bits per heavy atom. The average molecular weight is 661 g/mol. The SMILES string of the molecule is [B]/C(C)=C([B])/C([B])=c1/c(-c2ccc(-n3c(CC)nc4ccccc43)c3ccccc23)c2c([B])c([B])c([B])c(O)c2c(-c2c([B])c([B])c([B])c([B])c2[B])c1=[B]. The maximum absolute atomic E-state index is 12.0. The Balaban J connectivity index is 1.79. The fourth-order valence-electron chi connectivity index (χ4n) is 7.37. The van der Waals surface area contributed by atoms with Crippen molar-refractivity contribution in [1.82, 2.24) is 9.55 Å². The van der Waals surface area contributed by atoms with Gasteiger partial charge in [-0.1, -0.05) is 0 Å². The molecule has 0 aliphatic rings. The number of nitrogens with zero attached hydrogens (tertiary/aromatic N) is 2. The standard InChI is InChI=1S/C39H19B12N2O/c1-3-21-52-18-10-6-7-11-20(18)53(21)19-13-12-17(15-8-4-5-9-16(15)19)22-23-25(39(54)38(51)36(49)30(23)43)24(29(42)26(22)31(44)28(41)14(2)40)27-32(45)34(47)37(50)35(48)33(27)46/h4-13,54H,3H2,1-2H3/b28-14-,31-26+. The number of benzene rings is 6. The van der Waals surface area contributed by atoms with Gasteiger partial charge in [-0.05, 0) is 0 Å². The summed E-state index contributed by atoms with van der Waals surface area (Å²) in [5, 5.41) is 14.0. The Morgan fingerprint density at radius 1 is 0.648 bits per heavy atom. The molecule has 1 aromatic heterocycles. The minimum absolute atomic E-state index is 0.00417. The van der Waals surface area contributed by atoms with Crippen LogP contribution in [-0.4, -0.2) is 108 Å². The molecule has 0 amide bonds. The monoisotopic (exact) mass is 663 g/mol. The van der Waals surface area contributed by atoms with E-state index in [0.717, 1.165) is 33.3 Å². The van der Waals surface area contributed by atoms with Crippen LogP contribution in [0.2, 0.25) is 0 Å². The third kappa shape index (κ3) is 5.51. The van der Waals surface area contributed by atoms with Gasteiger partial charge in [0.05, 0.1) is 0 Å². The maximum atomic E-state index is 12.0. The molecule has 6 aromatic carbocycles. The van der Waals surface area contributed by atoms with Crippen LogP contribution in [0.15, 0.2) is 71.6 Å². The molecule has 3 nitrogen and oxygen atoms in total. The summed E-state index contributed by atoms with van der Waals surface area (Å²) in [6.07, 6.45) is 0.677. The van der Waals surface area contributed by atoms with Crippen molar-refractivity contribution in [3.63, 3.8) is 0 Å². The van der Waals surface area contributed by atoms with Crippen molar-refractivity contribution < 1.29 is 5.11 Å². The number of fused-ring (bicyclic) bond motifs is 3. The molecule has 0 spiro atoms. The van der Waals surface area contributed by atoms with Crippen LogP contribution in [0.1, 0.15) is 19.7 Å². The van der Waals surface area contributed by atoms with Gasteiger partial charge < -0.3 is 0 Å². The molecule has 0 saturated heterocycles. The molecule has 0 aliphatic heterocycles. The first-order valence-corrected chi connectivity index (χ1v) is 16.9. The summed E-state index contributed by atoms with van der Waals surface area (Å²) >= 11 is 0. The first-order chi connectivity index (χ1) is 25.6. The Labute approximate surface area is 330 Å². The van der Waals surface area contributed by atoms with Crippen LogP contribution in [0, 0.1) is 5.11 Å². The van der Waals surface area contributed by atoms with Crippen molar-refractivity contribution in [1.29, 1.82) is 0 Å². The van der Waals surface area contributed by atoms with E-state index in [1.165, 1.54) is 0 Å². The van der Waals surface area contributed by atoms with Crippen LogP contribution in [0.4, 0.5) is 0 Å². The Bertz CT molecular complexity index is 2900. The molecular weight excluding hydrogens is 642 g/mol. The van der Waals surface area contributed by atoms with Gasteiger partial charge in [-0.2, -0.15) is 0 Å². The fraction of sp³-hybridized carbons (Fsp3) is 0.0769. The molecule has 1 N–H and O–H groups in total. The summed E-state index contributed by atoms with van der Waals surface area (Å²) < 4.78 is 2.14. The molecule has 0 saturated carbocycles. The summed E-state index contributed by atoms with van der Waals surface area (Å²) in [5.74, 6) is 0.423. The second kappa shape index (κ2) is 14.0. The van der Waals surface area contributed by atoms with Crippen LogP contribution in [0.3, 0.4) is 0 Å². The first-order valence-electron chi connectivity index (χ1n) is 16.9. The molecule has 7 aromatic rings. The number of hydrogen-bond donors (Lipinski definition) is 1. The average Bonchev–Trinajstić information content (AvgIpc) is 3.55.